The van der Waals surface area contributed by atoms with Gasteiger partial charge in [0, 0.05) is 25.0 Å². The van der Waals surface area contributed by atoms with Crippen molar-refractivity contribution in [3.8, 4) is 28.6 Å². The molecule has 33 heavy (non-hydrogen) atoms. The van der Waals surface area contributed by atoms with Crippen LogP contribution in [0.3, 0.4) is 0 Å². The largest absolute Gasteiger partial charge is 0.493 e. The molecule has 1 aromatic heterocycles. The highest BCUT2D eigenvalue weighted by molar-refractivity contribution is 5.88. The van der Waals surface area contributed by atoms with Crippen LogP contribution in [0, 0.1) is 5.82 Å². The summed E-state index contributed by atoms with van der Waals surface area (Å²) in [5.74, 6) is 2.35. The molecule has 0 unspecified atom stereocenters. The third kappa shape index (κ3) is 4.02. The van der Waals surface area contributed by atoms with E-state index in [1.54, 1.807) is 39.5 Å². The standard InChI is InChI=1S/C27H26FNO4/c1-30-24-12-18-8-9-29(16-20(18)14-25(24)31-2)15-17-10-19-13-23(21-6-4-5-7-22(21)28)33-27(19)26(11-17)32-3/h4-7,10-14H,8-9,15-16H2,1-3H3. The van der Waals surface area contributed by atoms with Gasteiger partial charge in [0.25, 0.3) is 0 Å². The van der Waals surface area contributed by atoms with Gasteiger partial charge in [-0.1, -0.05) is 12.1 Å². The predicted molar refractivity (Wildman–Crippen MR) is 126 cm³/mol. The molecule has 5 nitrogen and oxygen atoms in total. The van der Waals surface area contributed by atoms with E-state index in [9.17, 15) is 4.39 Å². The second-order valence-electron chi connectivity index (χ2n) is 8.24. The molecular formula is C27H26FNO4. The lowest BCUT2D eigenvalue weighted by Crippen LogP contribution is -2.30. The van der Waals surface area contributed by atoms with Crippen molar-refractivity contribution in [1.29, 1.82) is 0 Å². The molecule has 3 aromatic carbocycles. The highest BCUT2D eigenvalue weighted by Gasteiger charge is 2.21. The molecule has 1 aliphatic rings. The Morgan fingerprint density at radius 1 is 0.879 bits per heavy atom. The first-order valence-corrected chi connectivity index (χ1v) is 10.9. The maximum absolute atomic E-state index is 14.3. The van der Waals surface area contributed by atoms with E-state index in [4.69, 9.17) is 18.6 Å². The van der Waals surface area contributed by atoms with Crippen molar-refractivity contribution >= 4 is 11.0 Å². The van der Waals surface area contributed by atoms with Crippen LogP contribution in [0.15, 0.2) is 59.0 Å². The number of hydrogen-bond donors (Lipinski definition) is 0. The van der Waals surface area contributed by atoms with Crippen LogP contribution in [0.2, 0.25) is 0 Å². The van der Waals surface area contributed by atoms with E-state index in [1.165, 1.54) is 17.2 Å². The predicted octanol–water partition coefficient (Wildman–Crippen LogP) is 5.82. The molecule has 0 saturated carbocycles. The molecule has 170 valence electrons. The van der Waals surface area contributed by atoms with Crippen LogP contribution in [0.5, 0.6) is 17.2 Å². The number of hydrogen-bond acceptors (Lipinski definition) is 5. The van der Waals surface area contributed by atoms with Gasteiger partial charge >= 0.3 is 0 Å². The topological polar surface area (TPSA) is 44.1 Å². The highest BCUT2D eigenvalue weighted by Crippen LogP contribution is 2.37. The minimum absolute atomic E-state index is 0.310. The number of rotatable bonds is 6. The second-order valence-corrected chi connectivity index (χ2v) is 8.24. The van der Waals surface area contributed by atoms with Crippen molar-refractivity contribution < 1.29 is 23.0 Å². The summed E-state index contributed by atoms with van der Waals surface area (Å²) in [4.78, 5) is 2.40. The monoisotopic (exact) mass is 447 g/mol. The summed E-state index contributed by atoms with van der Waals surface area (Å²) in [6, 6.07) is 16.7. The molecule has 0 fully saturated rings. The van der Waals surface area contributed by atoms with Gasteiger partial charge in [-0.25, -0.2) is 4.39 Å². The summed E-state index contributed by atoms with van der Waals surface area (Å²) in [5.41, 5.74) is 4.72. The van der Waals surface area contributed by atoms with E-state index in [0.717, 1.165) is 48.5 Å². The Kier molecular flexibility index (Phi) is 5.68. The fraction of sp³-hybridized carbons (Fsp3) is 0.259. The van der Waals surface area contributed by atoms with Gasteiger partial charge in [0.2, 0.25) is 0 Å². The fourth-order valence-corrected chi connectivity index (χ4v) is 4.55. The number of furan rings is 1. The molecular weight excluding hydrogens is 421 g/mol. The van der Waals surface area contributed by atoms with Gasteiger partial charge in [-0.15, -0.1) is 0 Å². The minimum Gasteiger partial charge on any atom is -0.493 e. The van der Waals surface area contributed by atoms with Crippen LogP contribution in [0.25, 0.3) is 22.3 Å². The van der Waals surface area contributed by atoms with Crippen LogP contribution in [-0.2, 0) is 19.5 Å². The van der Waals surface area contributed by atoms with Crippen molar-refractivity contribution in [2.75, 3.05) is 27.9 Å². The Labute approximate surface area is 192 Å². The molecule has 5 rings (SSSR count). The molecule has 0 atom stereocenters. The first-order valence-electron chi connectivity index (χ1n) is 10.9. The molecule has 4 aromatic rings. The van der Waals surface area contributed by atoms with E-state index >= 15 is 0 Å². The average molecular weight is 448 g/mol. The fourth-order valence-electron chi connectivity index (χ4n) is 4.55. The number of ether oxygens (including phenoxy) is 3. The summed E-state index contributed by atoms with van der Waals surface area (Å²) in [7, 11) is 4.95. The molecule has 0 radical (unpaired) electrons. The molecule has 2 heterocycles. The van der Waals surface area contributed by atoms with Gasteiger partial charge in [-0.05, 0) is 65.6 Å². The van der Waals surface area contributed by atoms with E-state index in [-0.39, 0.29) is 5.82 Å². The molecule has 0 aliphatic carbocycles. The van der Waals surface area contributed by atoms with E-state index in [0.29, 0.717) is 22.7 Å². The van der Waals surface area contributed by atoms with Crippen LogP contribution >= 0.6 is 0 Å². The van der Waals surface area contributed by atoms with E-state index in [2.05, 4.69) is 23.1 Å². The molecule has 0 spiro atoms. The van der Waals surface area contributed by atoms with Crippen LogP contribution < -0.4 is 14.2 Å². The van der Waals surface area contributed by atoms with Crippen LogP contribution in [-0.4, -0.2) is 32.8 Å². The lowest BCUT2D eigenvalue weighted by atomic mass is 9.98. The first-order chi connectivity index (χ1) is 16.1. The van der Waals surface area contributed by atoms with Gasteiger partial charge in [-0.2, -0.15) is 0 Å². The number of fused-ring (bicyclic) bond motifs is 2. The van der Waals surface area contributed by atoms with Crippen molar-refractivity contribution in [2.45, 2.75) is 19.5 Å². The molecule has 6 heteroatoms. The number of methoxy groups -OCH3 is 3. The molecule has 0 bridgehead atoms. The van der Waals surface area contributed by atoms with Gasteiger partial charge in [0.05, 0.1) is 26.9 Å². The number of halogens is 1. The number of nitrogens with zero attached hydrogens (tertiary/aromatic N) is 1. The Morgan fingerprint density at radius 3 is 2.33 bits per heavy atom. The first kappa shape index (κ1) is 21.3. The number of benzene rings is 3. The zero-order valence-corrected chi connectivity index (χ0v) is 19.0. The minimum atomic E-state index is -0.310. The SMILES string of the molecule is COc1cc2c(cc1OC)CN(Cc1cc(OC)c3oc(-c4ccccc4F)cc3c1)CC2. The van der Waals surface area contributed by atoms with E-state index < -0.39 is 0 Å². The van der Waals surface area contributed by atoms with Gasteiger partial charge < -0.3 is 18.6 Å². The maximum Gasteiger partial charge on any atom is 0.176 e. The summed E-state index contributed by atoms with van der Waals surface area (Å²) in [6.07, 6.45) is 0.943. The summed E-state index contributed by atoms with van der Waals surface area (Å²) in [5, 5.41) is 0.895. The lowest BCUT2D eigenvalue weighted by molar-refractivity contribution is 0.244. The van der Waals surface area contributed by atoms with Crippen LogP contribution in [0.1, 0.15) is 16.7 Å². The van der Waals surface area contributed by atoms with Crippen molar-refractivity contribution in [3.05, 3.63) is 77.1 Å². The lowest BCUT2D eigenvalue weighted by Gasteiger charge is -2.29. The Hall–Kier alpha value is -3.51. The smallest absolute Gasteiger partial charge is 0.176 e. The van der Waals surface area contributed by atoms with E-state index in [1.807, 2.05) is 12.1 Å². The van der Waals surface area contributed by atoms with Gasteiger partial charge in [0.15, 0.2) is 22.8 Å². The second kappa shape index (κ2) is 8.79. The average Bonchev–Trinajstić information content (AvgIpc) is 3.26. The maximum atomic E-state index is 14.3. The third-order valence-corrected chi connectivity index (χ3v) is 6.20. The molecule has 1 aliphatic heterocycles. The Balaban J connectivity index is 1.43. The zero-order valence-electron chi connectivity index (χ0n) is 19.0. The molecule has 0 N–H and O–H groups in total. The van der Waals surface area contributed by atoms with Crippen molar-refractivity contribution in [1.82, 2.24) is 4.90 Å². The Morgan fingerprint density at radius 2 is 1.61 bits per heavy atom. The summed E-state index contributed by atoms with van der Waals surface area (Å²) in [6.45, 7) is 2.52. The summed E-state index contributed by atoms with van der Waals surface area (Å²) < 4.78 is 36.8. The van der Waals surface area contributed by atoms with Gasteiger partial charge in [-0.3, -0.25) is 4.90 Å². The van der Waals surface area contributed by atoms with Crippen molar-refractivity contribution in [3.63, 3.8) is 0 Å². The third-order valence-electron chi connectivity index (χ3n) is 6.20. The van der Waals surface area contributed by atoms with Crippen LogP contribution in [0.4, 0.5) is 4.39 Å². The zero-order chi connectivity index (χ0) is 22.9. The highest BCUT2D eigenvalue weighted by atomic mass is 19.1. The molecule has 0 saturated heterocycles. The van der Waals surface area contributed by atoms with Gasteiger partial charge in [0.1, 0.15) is 11.6 Å². The summed E-state index contributed by atoms with van der Waals surface area (Å²) >= 11 is 0. The Bertz CT molecular complexity index is 1310. The van der Waals surface area contributed by atoms with Crippen molar-refractivity contribution in [2.24, 2.45) is 0 Å². The quantitative estimate of drug-likeness (QED) is 0.373. The molecule has 0 amide bonds. The normalized spacial score (nSPS) is 13.7.